The summed E-state index contributed by atoms with van der Waals surface area (Å²) in [5.74, 6) is 0.508. The van der Waals surface area contributed by atoms with E-state index in [1.165, 1.54) is 0 Å². The lowest BCUT2D eigenvalue weighted by molar-refractivity contribution is 0.766. The molecule has 0 saturated carbocycles. The molecule has 1 unspecified atom stereocenters. The third-order valence-electron chi connectivity index (χ3n) is 3.34. The lowest BCUT2D eigenvalue weighted by Crippen LogP contribution is -2.20. The molecule has 0 radical (unpaired) electrons. The van der Waals surface area contributed by atoms with Gasteiger partial charge in [0.05, 0.1) is 11.9 Å². The number of nitrogens with one attached hydrogen (secondary N) is 1. The number of rotatable bonds is 5. The third-order valence-corrected chi connectivity index (χ3v) is 3.59. The van der Waals surface area contributed by atoms with Crippen molar-refractivity contribution in [1.29, 1.82) is 0 Å². The molecule has 2 aromatic heterocycles. The minimum atomic E-state index is 0.168. The highest BCUT2D eigenvalue weighted by molar-refractivity contribution is 6.30. The standard InChI is InChI=1S/C17H16ClN5/c1-12(9-13-3-2-8-19-10-13)21-17-22-16(11-20-23-17)14-4-6-15(18)7-5-14/h2-8,10-12H,9H2,1H3,(H,21,22,23). The Morgan fingerprint density at radius 1 is 1.13 bits per heavy atom. The van der Waals surface area contributed by atoms with Gasteiger partial charge in [0.1, 0.15) is 0 Å². The van der Waals surface area contributed by atoms with Crippen molar-refractivity contribution in [2.75, 3.05) is 5.32 Å². The summed E-state index contributed by atoms with van der Waals surface area (Å²) in [6.07, 6.45) is 6.11. The first kappa shape index (κ1) is 15.4. The molecule has 6 heteroatoms. The molecule has 1 N–H and O–H groups in total. The fraction of sp³-hybridized carbons (Fsp3) is 0.176. The van der Waals surface area contributed by atoms with Gasteiger partial charge in [0.2, 0.25) is 5.95 Å². The van der Waals surface area contributed by atoms with Crippen molar-refractivity contribution < 1.29 is 0 Å². The van der Waals surface area contributed by atoms with Crippen molar-refractivity contribution in [2.24, 2.45) is 0 Å². The summed E-state index contributed by atoms with van der Waals surface area (Å²) < 4.78 is 0. The van der Waals surface area contributed by atoms with E-state index in [9.17, 15) is 0 Å². The van der Waals surface area contributed by atoms with E-state index >= 15 is 0 Å². The van der Waals surface area contributed by atoms with Crippen molar-refractivity contribution in [3.8, 4) is 11.3 Å². The van der Waals surface area contributed by atoms with E-state index in [4.69, 9.17) is 11.6 Å². The largest absolute Gasteiger partial charge is 0.350 e. The summed E-state index contributed by atoms with van der Waals surface area (Å²) >= 11 is 5.91. The Kier molecular flexibility index (Phi) is 4.78. The summed E-state index contributed by atoms with van der Waals surface area (Å²) in [6, 6.07) is 11.6. The predicted molar refractivity (Wildman–Crippen MR) is 91.3 cm³/mol. The molecule has 23 heavy (non-hydrogen) atoms. The van der Waals surface area contributed by atoms with Crippen LogP contribution in [0.15, 0.2) is 55.0 Å². The molecule has 0 aliphatic carbocycles. The predicted octanol–water partition coefficient (Wildman–Crippen LogP) is 3.63. The number of anilines is 1. The van der Waals surface area contributed by atoms with Crippen LogP contribution in [0.4, 0.5) is 5.95 Å². The third kappa shape index (κ3) is 4.23. The molecule has 0 amide bonds. The van der Waals surface area contributed by atoms with Gasteiger partial charge in [-0.15, -0.1) is 5.10 Å². The molecule has 5 nitrogen and oxygen atoms in total. The molecule has 0 fully saturated rings. The normalized spacial score (nSPS) is 11.9. The van der Waals surface area contributed by atoms with Crippen LogP contribution in [0.3, 0.4) is 0 Å². The highest BCUT2D eigenvalue weighted by Gasteiger charge is 2.08. The van der Waals surface area contributed by atoms with Crippen molar-refractivity contribution in [3.05, 3.63) is 65.6 Å². The monoisotopic (exact) mass is 325 g/mol. The zero-order valence-corrected chi connectivity index (χ0v) is 13.4. The Labute approximate surface area is 139 Å². The second kappa shape index (κ2) is 7.15. The number of benzene rings is 1. The number of halogens is 1. The molecule has 116 valence electrons. The van der Waals surface area contributed by atoms with Crippen molar-refractivity contribution >= 4 is 17.5 Å². The van der Waals surface area contributed by atoms with E-state index < -0.39 is 0 Å². The van der Waals surface area contributed by atoms with Crippen LogP contribution >= 0.6 is 11.6 Å². The fourth-order valence-electron chi connectivity index (χ4n) is 2.27. The number of hydrogen-bond donors (Lipinski definition) is 1. The molecule has 1 atom stereocenters. The molecule has 0 spiro atoms. The van der Waals surface area contributed by atoms with Crippen LogP contribution in [0.25, 0.3) is 11.3 Å². The molecule has 0 aliphatic heterocycles. The fourth-order valence-corrected chi connectivity index (χ4v) is 2.39. The lowest BCUT2D eigenvalue weighted by atomic mass is 10.1. The Hall–Kier alpha value is -2.53. The summed E-state index contributed by atoms with van der Waals surface area (Å²) in [6.45, 7) is 2.07. The van der Waals surface area contributed by atoms with Gasteiger partial charge in [-0.05, 0) is 37.1 Å². The number of hydrogen-bond acceptors (Lipinski definition) is 5. The Morgan fingerprint density at radius 2 is 1.96 bits per heavy atom. The Bertz CT molecular complexity index is 761. The highest BCUT2D eigenvalue weighted by Crippen LogP contribution is 2.19. The molecule has 3 aromatic rings. The quantitative estimate of drug-likeness (QED) is 0.776. The van der Waals surface area contributed by atoms with Gasteiger partial charge in [0.25, 0.3) is 0 Å². The first-order valence-electron chi connectivity index (χ1n) is 7.32. The summed E-state index contributed by atoms with van der Waals surface area (Å²) in [5.41, 5.74) is 2.87. The van der Waals surface area contributed by atoms with Gasteiger partial charge in [-0.3, -0.25) is 4.98 Å². The van der Waals surface area contributed by atoms with Gasteiger partial charge in [0.15, 0.2) is 0 Å². The van der Waals surface area contributed by atoms with E-state index in [-0.39, 0.29) is 6.04 Å². The zero-order chi connectivity index (χ0) is 16.1. The summed E-state index contributed by atoms with van der Waals surface area (Å²) in [4.78, 5) is 8.63. The Morgan fingerprint density at radius 3 is 2.70 bits per heavy atom. The van der Waals surface area contributed by atoms with Gasteiger partial charge < -0.3 is 5.32 Å². The van der Waals surface area contributed by atoms with E-state index in [1.54, 1.807) is 12.4 Å². The minimum absolute atomic E-state index is 0.168. The first-order valence-corrected chi connectivity index (χ1v) is 7.69. The van der Waals surface area contributed by atoms with Crippen LogP contribution in [0.2, 0.25) is 5.02 Å². The number of nitrogens with zero attached hydrogens (tertiary/aromatic N) is 4. The van der Waals surface area contributed by atoms with Gasteiger partial charge >= 0.3 is 0 Å². The molecule has 0 saturated heterocycles. The molecule has 2 heterocycles. The van der Waals surface area contributed by atoms with Crippen LogP contribution in [0.1, 0.15) is 12.5 Å². The van der Waals surface area contributed by atoms with Gasteiger partial charge in [-0.2, -0.15) is 5.10 Å². The SMILES string of the molecule is CC(Cc1cccnc1)Nc1nncc(-c2ccc(Cl)cc2)n1. The Balaban J connectivity index is 1.71. The lowest BCUT2D eigenvalue weighted by Gasteiger charge is -2.13. The molecule has 0 aliphatic rings. The summed E-state index contributed by atoms with van der Waals surface area (Å²) in [5, 5.41) is 12.0. The molecule has 0 bridgehead atoms. The second-order valence-corrected chi connectivity index (χ2v) is 5.72. The van der Waals surface area contributed by atoms with Gasteiger partial charge in [0, 0.05) is 29.0 Å². The maximum Gasteiger partial charge on any atom is 0.243 e. The van der Waals surface area contributed by atoms with Crippen molar-refractivity contribution in [1.82, 2.24) is 20.2 Å². The van der Waals surface area contributed by atoms with Crippen LogP contribution in [-0.2, 0) is 6.42 Å². The number of pyridine rings is 1. The maximum atomic E-state index is 5.91. The smallest absolute Gasteiger partial charge is 0.243 e. The zero-order valence-electron chi connectivity index (χ0n) is 12.6. The van der Waals surface area contributed by atoms with Crippen LogP contribution in [-0.4, -0.2) is 26.2 Å². The molecule has 3 rings (SSSR count). The van der Waals surface area contributed by atoms with Gasteiger partial charge in [-0.1, -0.05) is 29.8 Å². The first-order chi connectivity index (χ1) is 11.2. The second-order valence-electron chi connectivity index (χ2n) is 5.28. The molecular weight excluding hydrogens is 310 g/mol. The van der Waals surface area contributed by atoms with E-state index in [1.807, 2.05) is 36.5 Å². The molecular formula is C17H16ClN5. The summed E-state index contributed by atoms with van der Waals surface area (Å²) in [7, 11) is 0. The van der Waals surface area contributed by atoms with Crippen LogP contribution in [0.5, 0.6) is 0 Å². The van der Waals surface area contributed by atoms with Crippen molar-refractivity contribution in [2.45, 2.75) is 19.4 Å². The van der Waals surface area contributed by atoms with Crippen molar-refractivity contribution in [3.63, 3.8) is 0 Å². The van der Waals surface area contributed by atoms with E-state index in [0.717, 1.165) is 23.2 Å². The average molecular weight is 326 g/mol. The highest BCUT2D eigenvalue weighted by atomic mass is 35.5. The maximum absolute atomic E-state index is 5.91. The van der Waals surface area contributed by atoms with Crippen LogP contribution < -0.4 is 5.32 Å². The van der Waals surface area contributed by atoms with Crippen LogP contribution in [0, 0.1) is 0 Å². The van der Waals surface area contributed by atoms with E-state index in [0.29, 0.717) is 11.0 Å². The average Bonchev–Trinajstić information content (AvgIpc) is 2.56. The van der Waals surface area contributed by atoms with E-state index in [2.05, 4.69) is 38.5 Å². The molecule has 1 aromatic carbocycles. The minimum Gasteiger partial charge on any atom is -0.350 e. The topological polar surface area (TPSA) is 63.6 Å². The van der Waals surface area contributed by atoms with Gasteiger partial charge in [-0.25, -0.2) is 4.98 Å². The number of aromatic nitrogens is 4.